The molecule has 0 aromatic carbocycles. The maximum absolute atomic E-state index is 5.89. The number of nitrogen functional groups attached to an aromatic ring is 2. The summed E-state index contributed by atoms with van der Waals surface area (Å²) in [5.74, 6) is 0.416. The van der Waals surface area contributed by atoms with Gasteiger partial charge in [0.15, 0.2) is 5.82 Å². The van der Waals surface area contributed by atoms with Gasteiger partial charge in [-0.1, -0.05) is 0 Å². The standard InChI is InChI=1S/C9H14N6S/c1-5(2)13-15-8(11)6(10)7(14-15)9-12-3-4-16-9/h3-5,13H,10-11H2,1-2H3. The van der Waals surface area contributed by atoms with Gasteiger partial charge in [-0.2, -0.15) is 4.79 Å². The molecular weight excluding hydrogens is 224 g/mol. The molecule has 0 fully saturated rings. The van der Waals surface area contributed by atoms with Crippen molar-refractivity contribution in [1.29, 1.82) is 0 Å². The quantitative estimate of drug-likeness (QED) is 0.745. The summed E-state index contributed by atoms with van der Waals surface area (Å²) in [4.78, 5) is 5.66. The summed E-state index contributed by atoms with van der Waals surface area (Å²) in [5, 5.41) is 6.94. The lowest BCUT2D eigenvalue weighted by atomic mass is 10.4. The molecule has 0 unspecified atom stereocenters. The monoisotopic (exact) mass is 238 g/mol. The largest absolute Gasteiger partial charge is 0.394 e. The van der Waals surface area contributed by atoms with Crippen molar-refractivity contribution in [3.05, 3.63) is 11.6 Å². The Hall–Kier alpha value is -1.76. The smallest absolute Gasteiger partial charge is 0.168 e. The highest BCUT2D eigenvalue weighted by Gasteiger charge is 2.16. The number of nitrogens with two attached hydrogens (primary N) is 2. The van der Waals surface area contributed by atoms with Crippen molar-refractivity contribution in [3.8, 4) is 10.7 Å². The van der Waals surface area contributed by atoms with Crippen molar-refractivity contribution in [2.75, 3.05) is 16.9 Å². The summed E-state index contributed by atoms with van der Waals surface area (Å²) in [5.41, 5.74) is 15.9. The van der Waals surface area contributed by atoms with E-state index in [1.807, 2.05) is 19.2 Å². The molecule has 0 radical (unpaired) electrons. The third kappa shape index (κ3) is 1.81. The van der Waals surface area contributed by atoms with Crippen molar-refractivity contribution < 1.29 is 0 Å². The molecule has 0 aliphatic heterocycles. The van der Waals surface area contributed by atoms with E-state index in [9.17, 15) is 0 Å². The Labute approximate surface area is 97.3 Å². The van der Waals surface area contributed by atoms with E-state index in [0.717, 1.165) is 5.01 Å². The molecule has 2 aromatic heterocycles. The normalized spacial score (nSPS) is 10.9. The van der Waals surface area contributed by atoms with E-state index in [-0.39, 0.29) is 6.04 Å². The van der Waals surface area contributed by atoms with Crippen LogP contribution in [-0.4, -0.2) is 20.9 Å². The summed E-state index contributed by atoms with van der Waals surface area (Å²) in [6, 6.07) is 0.228. The molecule has 2 aromatic rings. The summed E-state index contributed by atoms with van der Waals surface area (Å²) in [6.07, 6.45) is 1.71. The van der Waals surface area contributed by atoms with Gasteiger partial charge in [-0.25, -0.2) is 4.98 Å². The van der Waals surface area contributed by atoms with Gasteiger partial charge in [0.05, 0.1) is 0 Å². The van der Waals surface area contributed by atoms with Gasteiger partial charge in [0, 0.05) is 17.6 Å². The molecule has 2 heterocycles. The van der Waals surface area contributed by atoms with E-state index in [1.54, 1.807) is 6.20 Å². The highest BCUT2D eigenvalue weighted by Crippen LogP contribution is 2.30. The maximum atomic E-state index is 5.89. The lowest BCUT2D eigenvalue weighted by molar-refractivity contribution is 0.677. The molecule has 0 aliphatic rings. The molecule has 0 aliphatic carbocycles. The van der Waals surface area contributed by atoms with E-state index >= 15 is 0 Å². The van der Waals surface area contributed by atoms with Crippen LogP contribution >= 0.6 is 11.3 Å². The third-order valence-electron chi connectivity index (χ3n) is 1.97. The molecule has 7 heteroatoms. The molecule has 16 heavy (non-hydrogen) atoms. The number of thiazole rings is 1. The van der Waals surface area contributed by atoms with Gasteiger partial charge in [0.1, 0.15) is 16.4 Å². The first kappa shape index (κ1) is 10.7. The fourth-order valence-electron chi connectivity index (χ4n) is 1.28. The first-order valence-electron chi connectivity index (χ1n) is 4.90. The van der Waals surface area contributed by atoms with Crippen LogP contribution in [0.3, 0.4) is 0 Å². The minimum Gasteiger partial charge on any atom is -0.394 e. The number of anilines is 2. The van der Waals surface area contributed by atoms with Gasteiger partial charge in [0.25, 0.3) is 0 Å². The molecule has 0 saturated heterocycles. The minimum atomic E-state index is 0.228. The molecular formula is C9H14N6S. The lowest BCUT2D eigenvalue weighted by Gasteiger charge is -2.10. The van der Waals surface area contributed by atoms with Crippen LogP contribution in [-0.2, 0) is 0 Å². The molecule has 5 N–H and O–H groups in total. The van der Waals surface area contributed by atoms with Gasteiger partial charge in [-0.15, -0.1) is 16.4 Å². The second-order valence-corrected chi connectivity index (χ2v) is 4.57. The Bertz CT molecular complexity index is 472. The van der Waals surface area contributed by atoms with Crippen LogP contribution in [0.4, 0.5) is 11.5 Å². The fraction of sp³-hybridized carbons (Fsp3) is 0.333. The number of rotatable bonds is 3. The van der Waals surface area contributed by atoms with Crippen LogP contribution in [0.2, 0.25) is 0 Å². The molecule has 0 atom stereocenters. The summed E-state index contributed by atoms with van der Waals surface area (Å²) in [7, 11) is 0. The molecule has 0 spiro atoms. The van der Waals surface area contributed by atoms with Gasteiger partial charge in [0.2, 0.25) is 0 Å². The topological polar surface area (TPSA) is 94.8 Å². The summed E-state index contributed by atoms with van der Waals surface area (Å²) < 4.78 is 0. The first-order chi connectivity index (χ1) is 7.59. The van der Waals surface area contributed by atoms with E-state index < -0.39 is 0 Å². The van der Waals surface area contributed by atoms with Crippen LogP contribution in [0.15, 0.2) is 11.6 Å². The van der Waals surface area contributed by atoms with Crippen molar-refractivity contribution in [2.24, 2.45) is 0 Å². The zero-order valence-electron chi connectivity index (χ0n) is 9.14. The average Bonchev–Trinajstić information content (AvgIpc) is 2.81. The number of aromatic nitrogens is 3. The predicted octanol–water partition coefficient (Wildman–Crippen LogP) is 1.12. The number of hydrogen-bond acceptors (Lipinski definition) is 6. The molecule has 0 saturated carbocycles. The van der Waals surface area contributed by atoms with E-state index in [1.165, 1.54) is 16.1 Å². The zero-order valence-corrected chi connectivity index (χ0v) is 9.95. The van der Waals surface area contributed by atoms with Crippen molar-refractivity contribution in [3.63, 3.8) is 0 Å². The fourth-order valence-corrected chi connectivity index (χ4v) is 1.92. The molecule has 6 nitrogen and oxygen atoms in total. The molecule has 0 bridgehead atoms. The number of nitrogens with zero attached hydrogens (tertiary/aromatic N) is 3. The number of hydrogen-bond donors (Lipinski definition) is 3. The van der Waals surface area contributed by atoms with Crippen LogP contribution in [0.25, 0.3) is 10.7 Å². The predicted molar refractivity (Wildman–Crippen MR) is 66.7 cm³/mol. The zero-order chi connectivity index (χ0) is 11.7. The highest BCUT2D eigenvalue weighted by atomic mass is 32.1. The van der Waals surface area contributed by atoms with Gasteiger partial charge in [-0.05, 0) is 13.8 Å². The Balaban J connectivity index is 2.41. The Morgan fingerprint density at radius 1 is 1.44 bits per heavy atom. The second-order valence-electron chi connectivity index (χ2n) is 3.68. The number of nitrogens with one attached hydrogen (secondary N) is 1. The van der Waals surface area contributed by atoms with Gasteiger partial charge < -0.3 is 16.9 Å². The van der Waals surface area contributed by atoms with Crippen LogP contribution < -0.4 is 16.9 Å². The van der Waals surface area contributed by atoms with Gasteiger partial charge >= 0.3 is 0 Å². The summed E-state index contributed by atoms with van der Waals surface area (Å²) >= 11 is 1.48. The highest BCUT2D eigenvalue weighted by molar-refractivity contribution is 7.13. The van der Waals surface area contributed by atoms with Crippen LogP contribution in [0, 0.1) is 0 Å². The average molecular weight is 238 g/mol. The van der Waals surface area contributed by atoms with E-state index in [0.29, 0.717) is 17.2 Å². The van der Waals surface area contributed by atoms with E-state index in [2.05, 4.69) is 15.5 Å². The molecule has 86 valence electrons. The van der Waals surface area contributed by atoms with Crippen molar-refractivity contribution >= 4 is 22.8 Å². The Morgan fingerprint density at radius 2 is 2.19 bits per heavy atom. The third-order valence-corrected chi connectivity index (χ3v) is 2.75. The lowest BCUT2D eigenvalue weighted by Crippen LogP contribution is -2.24. The second kappa shape index (κ2) is 4.01. The Kier molecular flexibility index (Phi) is 2.69. The molecule has 0 amide bonds. The summed E-state index contributed by atoms with van der Waals surface area (Å²) in [6.45, 7) is 4.00. The van der Waals surface area contributed by atoms with Crippen LogP contribution in [0.1, 0.15) is 13.8 Å². The van der Waals surface area contributed by atoms with Crippen molar-refractivity contribution in [1.82, 2.24) is 14.9 Å². The molecule has 2 rings (SSSR count). The maximum Gasteiger partial charge on any atom is 0.168 e. The van der Waals surface area contributed by atoms with E-state index in [4.69, 9.17) is 11.5 Å². The Morgan fingerprint density at radius 3 is 2.75 bits per heavy atom. The van der Waals surface area contributed by atoms with Crippen molar-refractivity contribution in [2.45, 2.75) is 19.9 Å². The van der Waals surface area contributed by atoms with Gasteiger partial charge in [-0.3, -0.25) is 0 Å². The van der Waals surface area contributed by atoms with Crippen LogP contribution in [0.5, 0.6) is 0 Å². The first-order valence-corrected chi connectivity index (χ1v) is 5.78. The SMILES string of the molecule is CC(C)Nn1nc(-c2nccs2)c(N)c1N. The minimum absolute atomic E-state index is 0.228.